The van der Waals surface area contributed by atoms with Gasteiger partial charge in [0.25, 0.3) is 0 Å². The van der Waals surface area contributed by atoms with E-state index in [9.17, 15) is 4.39 Å². The van der Waals surface area contributed by atoms with Gasteiger partial charge in [0.15, 0.2) is 11.6 Å². The van der Waals surface area contributed by atoms with E-state index in [1.54, 1.807) is 11.8 Å². The van der Waals surface area contributed by atoms with Crippen molar-refractivity contribution in [2.75, 3.05) is 35.7 Å². The molecule has 1 atom stereocenters. The van der Waals surface area contributed by atoms with Crippen molar-refractivity contribution in [2.24, 2.45) is 5.92 Å². The molecule has 0 aliphatic heterocycles. The number of thioether (sulfide) groups is 1. The summed E-state index contributed by atoms with van der Waals surface area (Å²) < 4.78 is 13.4. The minimum Gasteiger partial charge on any atom is -0.367 e. The van der Waals surface area contributed by atoms with E-state index in [1.807, 2.05) is 6.92 Å². The second-order valence-corrected chi connectivity index (χ2v) is 4.77. The van der Waals surface area contributed by atoms with E-state index in [0.717, 1.165) is 5.75 Å². The Bertz CT molecular complexity index is 348. The normalized spacial score (nSPS) is 12.2. The minimum absolute atomic E-state index is 0.268. The Labute approximate surface area is 106 Å². The molecule has 4 nitrogen and oxygen atoms in total. The van der Waals surface area contributed by atoms with Crippen LogP contribution in [0.15, 0.2) is 6.20 Å². The monoisotopic (exact) mass is 258 g/mol. The van der Waals surface area contributed by atoms with E-state index in [-0.39, 0.29) is 5.82 Å². The standard InChI is InChI=1S/C11H19FN4S/c1-4-13-11-15-6-9(12)10(16-11)14-5-8(2)7-17-3/h6,8H,4-5,7H2,1-3H3,(H2,13,14,15,16). The fourth-order valence-corrected chi connectivity index (χ4v) is 2.04. The van der Waals surface area contributed by atoms with Gasteiger partial charge in [0, 0.05) is 13.1 Å². The van der Waals surface area contributed by atoms with E-state index in [1.165, 1.54) is 6.20 Å². The molecule has 96 valence electrons. The molecule has 0 aromatic carbocycles. The van der Waals surface area contributed by atoms with Crippen LogP contribution in [0.3, 0.4) is 0 Å². The second kappa shape index (κ2) is 7.32. The largest absolute Gasteiger partial charge is 0.367 e. The quantitative estimate of drug-likeness (QED) is 0.787. The minimum atomic E-state index is -0.414. The third-order valence-electron chi connectivity index (χ3n) is 2.15. The number of aromatic nitrogens is 2. The van der Waals surface area contributed by atoms with Gasteiger partial charge in [0.1, 0.15) is 0 Å². The molecule has 2 N–H and O–H groups in total. The summed E-state index contributed by atoms with van der Waals surface area (Å²) >= 11 is 1.78. The number of hydrogen-bond acceptors (Lipinski definition) is 5. The molecule has 0 saturated carbocycles. The van der Waals surface area contributed by atoms with Crippen molar-refractivity contribution in [3.05, 3.63) is 12.0 Å². The van der Waals surface area contributed by atoms with Gasteiger partial charge < -0.3 is 10.6 Å². The van der Waals surface area contributed by atoms with Crippen LogP contribution in [0, 0.1) is 11.7 Å². The van der Waals surface area contributed by atoms with Crippen molar-refractivity contribution in [1.29, 1.82) is 0 Å². The van der Waals surface area contributed by atoms with Crippen LogP contribution in [0.25, 0.3) is 0 Å². The van der Waals surface area contributed by atoms with Gasteiger partial charge in [-0.1, -0.05) is 6.92 Å². The first-order chi connectivity index (χ1) is 8.17. The Morgan fingerprint density at radius 3 is 2.88 bits per heavy atom. The first kappa shape index (κ1) is 14.0. The zero-order chi connectivity index (χ0) is 12.7. The average molecular weight is 258 g/mol. The zero-order valence-electron chi connectivity index (χ0n) is 10.5. The molecule has 0 bridgehead atoms. The summed E-state index contributed by atoms with van der Waals surface area (Å²) in [4.78, 5) is 7.93. The van der Waals surface area contributed by atoms with Crippen LogP contribution in [0.5, 0.6) is 0 Å². The smallest absolute Gasteiger partial charge is 0.224 e. The molecule has 1 heterocycles. The maximum absolute atomic E-state index is 13.4. The number of rotatable bonds is 7. The lowest BCUT2D eigenvalue weighted by Crippen LogP contribution is -2.16. The molecule has 1 aromatic heterocycles. The highest BCUT2D eigenvalue weighted by molar-refractivity contribution is 7.98. The molecule has 1 unspecified atom stereocenters. The van der Waals surface area contributed by atoms with Gasteiger partial charge in [-0.05, 0) is 24.9 Å². The Morgan fingerprint density at radius 2 is 2.24 bits per heavy atom. The van der Waals surface area contributed by atoms with Crippen LogP contribution in [-0.4, -0.2) is 35.1 Å². The number of anilines is 2. The van der Waals surface area contributed by atoms with Gasteiger partial charge in [-0.3, -0.25) is 0 Å². The first-order valence-electron chi connectivity index (χ1n) is 5.66. The number of halogens is 1. The molecule has 1 aromatic rings. The Balaban J connectivity index is 2.59. The molecular weight excluding hydrogens is 239 g/mol. The maximum atomic E-state index is 13.4. The summed E-state index contributed by atoms with van der Waals surface area (Å²) in [6.07, 6.45) is 3.25. The van der Waals surface area contributed by atoms with Crippen LogP contribution < -0.4 is 10.6 Å². The van der Waals surface area contributed by atoms with E-state index in [0.29, 0.717) is 25.0 Å². The summed E-state index contributed by atoms with van der Waals surface area (Å²) in [7, 11) is 0. The topological polar surface area (TPSA) is 49.8 Å². The van der Waals surface area contributed by atoms with Crippen LogP contribution in [0.4, 0.5) is 16.2 Å². The van der Waals surface area contributed by atoms with Crippen molar-refractivity contribution in [1.82, 2.24) is 9.97 Å². The van der Waals surface area contributed by atoms with Gasteiger partial charge in [0.05, 0.1) is 6.20 Å². The number of nitrogens with zero attached hydrogens (tertiary/aromatic N) is 2. The van der Waals surface area contributed by atoms with Gasteiger partial charge in [0.2, 0.25) is 5.95 Å². The molecule has 0 aliphatic rings. The molecular formula is C11H19FN4S. The van der Waals surface area contributed by atoms with Crippen LogP contribution in [0.2, 0.25) is 0 Å². The predicted octanol–water partition coefficient (Wildman–Crippen LogP) is 2.46. The van der Waals surface area contributed by atoms with Crippen molar-refractivity contribution in [2.45, 2.75) is 13.8 Å². The van der Waals surface area contributed by atoms with Crippen LogP contribution in [-0.2, 0) is 0 Å². The van der Waals surface area contributed by atoms with E-state index in [2.05, 4.69) is 33.8 Å². The SMILES string of the molecule is CCNc1ncc(F)c(NCC(C)CSC)n1. The Morgan fingerprint density at radius 1 is 1.47 bits per heavy atom. The third kappa shape index (κ3) is 4.77. The van der Waals surface area contributed by atoms with Crippen LogP contribution in [0.1, 0.15) is 13.8 Å². The highest BCUT2D eigenvalue weighted by Gasteiger charge is 2.08. The summed E-state index contributed by atoms with van der Waals surface area (Å²) in [5.74, 6) is 1.82. The molecule has 0 spiro atoms. The molecule has 1 rings (SSSR count). The molecule has 6 heteroatoms. The highest BCUT2D eigenvalue weighted by Crippen LogP contribution is 2.13. The van der Waals surface area contributed by atoms with Crippen molar-refractivity contribution < 1.29 is 4.39 Å². The van der Waals surface area contributed by atoms with Crippen molar-refractivity contribution >= 4 is 23.5 Å². The van der Waals surface area contributed by atoms with Gasteiger partial charge in [-0.15, -0.1) is 0 Å². The fraction of sp³-hybridized carbons (Fsp3) is 0.636. The van der Waals surface area contributed by atoms with E-state index in [4.69, 9.17) is 0 Å². The predicted molar refractivity (Wildman–Crippen MR) is 72.2 cm³/mol. The summed E-state index contributed by atoms with van der Waals surface area (Å²) in [6, 6.07) is 0. The molecule has 0 saturated heterocycles. The lowest BCUT2D eigenvalue weighted by molar-refractivity contribution is 0.612. The summed E-state index contributed by atoms with van der Waals surface area (Å²) in [5.41, 5.74) is 0. The molecule has 0 radical (unpaired) electrons. The van der Waals surface area contributed by atoms with E-state index >= 15 is 0 Å². The van der Waals surface area contributed by atoms with Gasteiger partial charge in [-0.2, -0.15) is 16.7 Å². The molecule has 17 heavy (non-hydrogen) atoms. The lowest BCUT2D eigenvalue weighted by Gasteiger charge is -2.12. The zero-order valence-corrected chi connectivity index (χ0v) is 11.3. The summed E-state index contributed by atoms with van der Waals surface area (Å²) in [6.45, 7) is 5.49. The first-order valence-corrected chi connectivity index (χ1v) is 7.06. The van der Waals surface area contributed by atoms with E-state index < -0.39 is 5.82 Å². The van der Waals surface area contributed by atoms with Gasteiger partial charge >= 0.3 is 0 Å². The number of nitrogens with one attached hydrogen (secondary N) is 2. The van der Waals surface area contributed by atoms with Crippen LogP contribution >= 0.6 is 11.8 Å². The molecule has 0 fully saturated rings. The van der Waals surface area contributed by atoms with Gasteiger partial charge in [-0.25, -0.2) is 9.37 Å². The van der Waals surface area contributed by atoms with Crippen molar-refractivity contribution in [3.63, 3.8) is 0 Å². The lowest BCUT2D eigenvalue weighted by atomic mass is 10.2. The molecule has 0 aliphatic carbocycles. The summed E-state index contributed by atoms with van der Waals surface area (Å²) in [5, 5.41) is 5.97. The maximum Gasteiger partial charge on any atom is 0.224 e. The second-order valence-electron chi connectivity index (χ2n) is 3.86. The Hall–Kier alpha value is -1.04. The number of hydrogen-bond donors (Lipinski definition) is 2. The molecule has 0 amide bonds. The van der Waals surface area contributed by atoms with Crippen molar-refractivity contribution in [3.8, 4) is 0 Å². The Kier molecular flexibility index (Phi) is 6.04. The third-order valence-corrected chi connectivity index (χ3v) is 3.05. The average Bonchev–Trinajstić information content (AvgIpc) is 2.30. The fourth-order valence-electron chi connectivity index (χ4n) is 1.35. The highest BCUT2D eigenvalue weighted by atomic mass is 32.2.